The first-order valence-corrected chi connectivity index (χ1v) is 5.52. The molecule has 0 fully saturated rings. The molecule has 0 spiro atoms. The lowest BCUT2D eigenvalue weighted by Gasteiger charge is -2.16. The van der Waals surface area contributed by atoms with Crippen molar-refractivity contribution in [2.75, 3.05) is 0 Å². The molecule has 0 atom stereocenters. The van der Waals surface area contributed by atoms with Gasteiger partial charge in [-0.3, -0.25) is 0 Å². The van der Waals surface area contributed by atoms with Crippen LogP contribution in [-0.4, -0.2) is 10.5 Å². The van der Waals surface area contributed by atoms with Gasteiger partial charge in [0.25, 0.3) is 0 Å². The minimum absolute atomic E-state index is 0.672. The van der Waals surface area contributed by atoms with Crippen LogP contribution in [0.4, 0.5) is 0 Å². The maximum Gasteiger partial charge on any atom is 0.126 e. The van der Waals surface area contributed by atoms with E-state index in [1.807, 2.05) is 18.5 Å². The Morgan fingerprint density at radius 2 is 2.20 bits per heavy atom. The molecule has 0 unspecified atom stereocenters. The van der Waals surface area contributed by atoms with Crippen molar-refractivity contribution >= 4 is 36.9 Å². The lowest BCUT2D eigenvalue weighted by atomic mass is 10.1. The Morgan fingerprint density at radius 1 is 1.60 bits per heavy atom. The summed E-state index contributed by atoms with van der Waals surface area (Å²) in [7, 11) is 1.91. The SMILES string of the molecule is CCc1c(C)c(=S)c(S)c(C=C=O)n1C. The fourth-order valence-corrected chi connectivity index (χ4v) is 2.31. The molecule has 1 aromatic rings. The molecule has 0 saturated carbocycles. The van der Waals surface area contributed by atoms with E-state index in [4.69, 9.17) is 12.2 Å². The van der Waals surface area contributed by atoms with Crippen LogP contribution < -0.4 is 0 Å². The normalized spacial score (nSPS) is 9.87. The van der Waals surface area contributed by atoms with Crippen molar-refractivity contribution in [3.05, 3.63) is 21.5 Å². The highest BCUT2D eigenvalue weighted by atomic mass is 32.1. The predicted molar refractivity (Wildman–Crippen MR) is 67.8 cm³/mol. The quantitative estimate of drug-likeness (QED) is 0.487. The summed E-state index contributed by atoms with van der Waals surface area (Å²) in [5.41, 5.74) is 2.91. The zero-order valence-electron chi connectivity index (χ0n) is 9.00. The van der Waals surface area contributed by atoms with E-state index < -0.39 is 0 Å². The number of hydrogen-bond acceptors (Lipinski definition) is 3. The number of thiol groups is 1. The number of nitrogens with zero attached hydrogens (tertiary/aromatic N) is 1. The van der Waals surface area contributed by atoms with E-state index in [1.165, 1.54) is 6.08 Å². The lowest BCUT2D eigenvalue weighted by molar-refractivity contribution is 0.570. The first kappa shape index (κ1) is 12.2. The van der Waals surface area contributed by atoms with E-state index in [-0.39, 0.29) is 0 Å². The van der Waals surface area contributed by atoms with E-state index in [0.29, 0.717) is 4.90 Å². The number of aromatic nitrogens is 1. The van der Waals surface area contributed by atoms with Gasteiger partial charge >= 0.3 is 0 Å². The van der Waals surface area contributed by atoms with Crippen LogP contribution in [0.25, 0.3) is 6.08 Å². The van der Waals surface area contributed by atoms with Crippen LogP contribution in [0.15, 0.2) is 4.90 Å². The topological polar surface area (TPSA) is 22.0 Å². The zero-order chi connectivity index (χ0) is 11.6. The van der Waals surface area contributed by atoms with Gasteiger partial charge in [0.05, 0.1) is 10.2 Å². The highest BCUT2D eigenvalue weighted by Crippen LogP contribution is 2.23. The summed E-state index contributed by atoms with van der Waals surface area (Å²) in [6.45, 7) is 4.04. The minimum Gasteiger partial charge on any atom is -0.346 e. The number of rotatable bonds is 2. The Morgan fingerprint density at radius 3 is 2.67 bits per heavy atom. The van der Waals surface area contributed by atoms with Crippen LogP contribution in [-0.2, 0) is 18.3 Å². The van der Waals surface area contributed by atoms with E-state index in [2.05, 4.69) is 19.6 Å². The highest BCUT2D eigenvalue weighted by molar-refractivity contribution is 7.81. The van der Waals surface area contributed by atoms with Crippen LogP contribution in [0.1, 0.15) is 23.9 Å². The van der Waals surface area contributed by atoms with Crippen molar-refractivity contribution in [3.63, 3.8) is 0 Å². The van der Waals surface area contributed by atoms with Crippen molar-refractivity contribution in [3.8, 4) is 0 Å². The average Bonchev–Trinajstić information content (AvgIpc) is 2.22. The maximum absolute atomic E-state index is 10.4. The van der Waals surface area contributed by atoms with Crippen LogP contribution in [0.2, 0.25) is 0 Å². The third kappa shape index (κ3) is 2.07. The Kier molecular flexibility index (Phi) is 3.91. The number of hydrogen-bond donors (Lipinski definition) is 1. The van der Waals surface area contributed by atoms with Gasteiger partial charge in [0, 0.05) is 23.7 Å². The molecular formula is C11H13NOS2. The van der Waals surface area contributed by atoms with E-state index in [1.54, 1.807) is 5.94 Å². The number of pyridine rings is 1. The van der Waals surface area contributed by atoms with E-state index in [0.717, 1.165) is 27.9 Å². The zero-order valence-corrected chi connectivity index (χ0v) is 10.7. The maximum atomic E-state index is 10.4. The third-order valence-electron chi connectivity index (χ3n) is 2.53. The molecule has 4 heteroatoms. The molecule has 15 heavy (non-hydrogen) atoms. The summed E-state index contributed by atoms with van der Waals surface area (Å²) in [5.74, 6) is 1.77. The molecule has 0 amide bonds. The summed E-state index contributed by atoms with van der Waals surface area (Å²) in [4.78, 5) is 11.1. The van der Waals surface area contributed by atoms with Gasteiger partial charge in [0.15, 0.2) is 0 Å². The van der Waals surface area contributed by atoms with Crippen molar-refractivity contribution in [2.24, 2.45) is 7.05 Å². The predicted octanol–water partition coefficient (Wildman–Crippen LogP) is 2.76. The molecule has 0 aliphatic heterocycles. The Balaban J connectivity index is 3.75. The summed E-state index contributed by atoms with van der Waals surface area (Å²) in [5, 5.41) is 0. The average molecular weight is 239 g/mol. The Bertz CT molecular complexity index is 496. The highest BCUT2D eigenvalue weighted by Gasteiger charge is 2.10. The van der Waals surface area contributed by atoms with Crippen LogP contribution in [0.5, 0.6) is 0 Å². The fourth-order valence-electron chi connectivity index (χ4n) is 1.70. The second-order valence-electron chi connectivity index (χ2n) is 3.31. The minimum atomic E-state index is 0.672. The van der Waals surface area contributed by atoms with Crippen molar-refractivity contribution in [1.82, 2.24) is 4.57 Å². The molecule has 1 aromatic heterocycles. The van der Waals surface area contributed by atoms with Crippen LogP contribution in [0, 0.1) is 11.4 Å². The molecule has 0 radical (unpaired) electrons. The molecule has 0 aromatic carbocycles. The molecule has 1 rings (SSSR count). The van der Waals surface area contributed by atoms with Gasteiger partial charge in [-0.25, -0.2) is 4.79 Å². The molecule has 1 heterocycles. The fraction of sp³-hybridized carbons (Fsp3) is 0.364. The second kappa shape index (κ2) is 4.79. The number of carbonyl (C=O) groups excluding carboxylic acids is 1. The van der Waals surface area contributed by atoms with Gasteiger partial charge in [0.2, 0.25) is 0 Å². The van der Waals surface area contributed by atoms with Crippen molar-refractivity contribution in [1.29, 1.82) is 0 Å². The molecule has 0 saturated heterocycles. The molecular weight excluding hydrogens is 226 g/mol. The summed E-state index contributed by atoms with van der Waals surface area (Å²) in [6, 6.07) is 0. The lowest BCUT2D eigenvalue weighted by Crippen LogP contribution is -2.08. The van der Waals surface area contributed by atoms with Crippen molar-refractivity contribution < 1.29 is 4.79 Å². The standard InChI is InChI=1S/C11H13NOS2/c1-4-8-7(2)10(14)11(15)9(5-6-13)12(8)3/h5,15H,4H2,1-3H3. The molecule has 0 aliphatic rings. The van der Waals surface area contributed by atoms with Gasteiger partial charge in [0.1, 0.15) is 5.94 Å². The van der Waals surface area contributed by atoms with Gasteiger partial charge in [-0.15, -0.1) is 12.6 Å². The molecule has 2 nitrogen and oxygen atoms in total. The van der Waals surface area contributed by atoms with Crippen LogP contribution in [0.3, 0.4) is 0 Å². The van der Waals surface area contributed by atoms with Gasteiger partial charge in [-0.05, 0) is 18.9 Å². The Hall–Kier alpha value is -0.830. The monoisotopic (exact) mass is 239 g/mol. The molecule has 80 valence electrons. The van der Waals surface area contributed by atoms with Gasteiger partial charge in [-0.1, -0.05) is 19.1 Å². The first-order valence-electron chi connectivity index (χ1n) is 4.66. The summed E-state index contributed by atoms with van der Waals surface area (Å²) in [6.07, 6.45) is 2.25. The molecule has 0 bridgehead atoms. The summed E-state index contributed by atoms with van der Waals surface area (Å²) < 4.78 is 2.66. The van der Waals surface area contributed by atoms with Crippen molar-refractivity contribution in [2.45, 2.75) is 25.2 Å². The van der Waals surface area contributed by atoms with E-state index >= 15 is 0 Å². The smallest absolute Gasteiger partial charge is 0.126 e. The largest absolute Gasteiger partial charge is 0.346 e. The second-order valence-corrected chi connectivity index (χ2v) is 4.16. The van der Waals surface area contributed by atoms with E-state index in [9.17, 15) is 4.79 Å². The van der Waals surface area contributed by atoms with Crippen LogP contribution >= 0.6 is 24.8 Å². The van der Waals surface area contributed by atoms with Gasteiger partial charge < -0.3 is 4.57 Å². The third-order valence-corrected chi connectivity index (χ3v) is 3.64. The Labute approximate surface area is 100 Å². The van der Waals surface area contributed by atoms with Gasteiger partial charge in [-0.2, -0.15) is 0 Å². The molecule has 0 N–H and O–H groups in total. The summed E-state index contributed by atoms with van der Waals surface area (Å²) >= 11 is 9.61. The molecule has 0 aliphatic carbocycles. The first-order chi connectivity index (χ1) is 7.04.